The van der Waals surface area contributed by atoms with Crippen molar-refractivity contribution in [2.24, 2.45) is 0 Å². The molecule has 2 aromatic rings. The van der Waals surface area contributed by atoms with Crippen LogP contribution in [-0.2, 0) is 0 Å². The summed E-state index contributed by atoms with van der Waals surface area (Å²) >= 11 is 11.9. The van der Waals surface area contributed by atoms with Crippen LogP contribution in [0.3, 0.4) is 0 Å². The largest absolute Gasteiger partial charge is 0.235 e. The molecule has 0 aliphatic carbocycles. The van der Waals surface area contributed by atoms with Gasteiger partial charge in [-0.1, -0.05) is 29.3 Å². The standard InChI is InChI=1S/C11H9Cl2N/c1-6-3-4-8(12)11-10(6)7(2)5-9(13)14-11/h3-5H,1-2H3. The summed E-state index contributed by atoms with van der Waals surface area (Å²) in [4.78, 5) is 4.23. The van der Waals surface area contributed by atoms with Crippen LogP contribution in [0.4, 0.5) is 0 Å². The Morgan fingerprint density at radius 2 is 1.79 bits per heavy atom. The molecule has 0 aliphatic rings. The van der Waals surface area contributed by atoms with E-state index in [1.807, 2.05) is 32.0 Å². The zero-order valence-corrected chi connectivity index (χ0v) is 9.45. The number of aromatic nitrogens is 1. The van der Waals surface area contributed by atoms with E-state index in [1.165, 1.54) is 5.56 Å². The van der Waals surface area contributed by atoms with E-state index in [-0.39, 0.29) is 0 Å². The topological polar surface area (TPSA) is 12.9 Å². The van der Waals surface area contributed by atoms with Crippen LogP contribution in [0, 0.1) is 13.8 Å². The van der Waals surface area contributed by atoms with Gasteiger partial charge in [0.25, 0.3) is 0 Å². The molecule has 14 heavy (non-hydrogen) atoms. The SMILES string of the molecule is Cc1ccc(Cl)c2nc(Cl)cc(C)c12. The molecule has 2 rings (SSSR count). The highest BCUT2D eigenvalue weighted by Crippen LogP contribution is 2.28. The van der Waals surface area contributed by atoms with Crippen LogP contribution in [-0.4, -0.2) is 4.98 Å². The van der Waals surface area contributed by atoms with Crippen molar-refractivity contribution >= 4 is 34.1 Å². The Labute approximate surface area is 92.7 Å². The summed E-state index contributed by atoms with van der Waals surface area (Å²) in [6, 6.07) is 5.70. The normalized spacial score (nSPS) is 10.9. The predicted molar refractivity (Wildman–Crippen MR) is 61.2 cm³/mol. The van der Waals surface area contributed by atoms with Gasteiger partial charge in [0.15, 0.2) is 0 Å². The van der Waals surface area contributed by atoms with Crippen LogP contribution in [0.5, 0.6) is 0 Å². The number of aryl methyl sites for hydroxylation is 2. The maximum absolute atomic E-state index is 6.05. The van der Waals surface area contributed by atoms with Gasteiger partial charge >= 0.3 is 0 Å². The van der Waals surface area contributed by atoms with Crippen LogP contribution < -0.4 is 0 Å². The van der Waals surface area contributed by atoms with E-state index in [9.17, 15) is 0 Å². The summed E-state index contributed by atoms with van der Waals surface area (Å²) < 4.78 is 0. The second kappa shape index (κ2) is 3.41. The minimum Gasteiger partial charge on any atom is -0.235 e. The molecule has 72 valence electrons. The van der Waals surface area contributed by atoms with E-state index >= 15 is 0 Å². The maximum atomic E-state index is 6.05. The Morgan fingerprint density at radius 1 is 1.07 bits per heavy atom. The van der Waals surface area contributed by atoms with E-state index in [1.54, 1.807) is 0 Å². The highest BCUT2D eigenvalue weighted by molar-refractivity contribution is 6.36. The molecule has 3 heteroatoms. The van der Waals surface area contributed by atoms with Gasteiger partial charge in [-0.15, -0.1) is 0 Å². The van der Waals surface area contributed by atoms with E-state index in [0.29, 0.717) is 10.2 Å². The molecule has 0 saturated carbocycles. The number of pyridine rings is 1. The summed E-state index contributed by atoms with van der Waals surface area (Å²) in [5.74, 6) is 0. The first-order valence-electron chi connectivity index (χ1n) is 4.31. The molecule has 1 aromatic heterocycles. The van der Waals surface area contributed by atoms with Crippen LogP contribution in [0.15, 0.2) is 18.2 Å². The average molecular weight is 226 g/mol. The summed E-state index contributed by atoms with van der Waals surface area (Å²) in [5, 5.41) is 2.24. The van der Waals surface area contributed by atoms with Gasteiger partial charge in [-0.05, 0) is 37.1 Å². The number of nitrogens with zero attached hydrogens (tertiary/aromatic N) is 1. The Hall–Kier alpha value is -0.790. The second-order valence-electron chi connectivity index (χ2n) is 3.35. The fraction of sp³-hybridized carbons (Fsp3) is 0.182. The van der Waals surface area contributed by atoms with Crippen molar-refractivity contribution in [3.05, 3.63) is 39.5 Å². The van der Waals surface area contributed by atoms with Gasteiger partial charge < -0.3 is 0 Å². The number of hydrogen-bond acceptors (Lipinski definition) is 1. The Balaban J connectivity index is 3.00. The molecule has 1 nitrogen and oxygen atoms in total. The fourth-order valence-corrected chi connectivity index (χ4v) is 2.11. The number of rotatable bonds is 0. The summed E-state index contributed by atoms with van der Waals surface area (Å²) in [6.45, 7) is 4.06. The molecule has 0 unspecified atom stereocenters. The third-order valence-corrected chi connectivity index (χ3v) is 2.78. The molecule has 0 saturated heterocycles. The van der Waals surface area contributed by atoms with E-state index in [2.05, 4.69) is 4.98 Å². The van der Waals surface area contributed by atoms with Gasteiger partial charge in [-0.3, -0.25) is 0 Å². The van der Waals surface area contributed by atoms with Crippen molar-refractivity contribution in [1.29, 1.82) is 0 Å². The van der Waals surface area contributed by atoms with Gasteiger partial charge in [0.05, 0.1) is 10.5 Å². The van der Waals surface area contributed by atoms with Crippen LogP contribution in [0.1, 0.15) is 11.1 Å². The summed E-state index contributed by atoms with van der Waals surface area (Å²) in [5.41, 5.74) is 3.07. The smallest absolute Gasteiger partial charge is 0.130 e. The number of hydrogen-bond donors (Lipinski definition) is 0. The Kier molecular flexibility index (Phi) is 2.38. The zero-order valence-electron chi connectivity index (χ0n) is 7.94. The maximum Gasteiger partial charge on any atom is 0.130 e. The molecule has 0 N–H and O–H groups in total. The lowest BCUT2D eigenvalue weighted by Gasteiger charge is -2.07. The van der Waals surface area contributed by atoms with Crippen LogP contribution in [0.2, 0.25) is 10.2 Å². The number of halogens is 2. The van der Waals surface area contributed by atoms with Crippen molar-refractivity contribution < 1.29 is 0 Å². The minimum absolute atomic E-state index is 0.488. The van der Waals surface area contributed by atoms with Crippen molar-refractivity contribution in [3.8, 4) is 0 Å². The predicted octanol–water partition coefficient (Wildman–Crippen LogP) is 4.16. The molecular formula is C11H9Cl2N. The average Bonchev–Trinajstić information content (AvgIpc) is 2.10. The molecule has 0 aliphatic heterocycles. The lowest BCUT2D eigenvalue weighted by atomic mass is 10.1. The molecule has 0 spiro atoms. The van der Waals surface area contributed by atoms with Crippen LogP contribution in [0.25, 0.3) is 10.9 Å². The summed E-state index contributed by atoms with van der Waals surface area (Å²) in [6.07, 6.45) is 0. The van der Waals surface area contributed by atoms with Crippen molar-refractivity contribution in [1.82, 2.24) is 4.98 Å². The van der Waals surface area contributed by atoms with Gasteiger partial charge in [0, 0.05) is 5.39 Å². The van der Waals surface area contributed by atoms with Gasteiger partial charge in [-0.25, -0.2) is 4.98 Å². The first-order valence-corrected chi connectivity index (χ1v) is 5.07. The zero-order chi connectivity index (χ0) is 10.3. The van der Waals surface area contributed by atoms with E-state index in [4.69, 9.17) is 23.2 Å². The highest BCUT2D eigenvalue weighted by atomic mass is 35.5. The highest BCUT2D eigenvalue weighted by Gasteiger charge is 2.07. The first kappa shape index (κ1) is 9.75. The van der Waals surface area contributed by atoms with Gasteiger partial charge in [0.1, 0.15) is 5.15 Å². The Morgan fingerprint density at radius 3 is 2.50 bits per heavy atom. The van der Waals surface area contributed by atoms with Gasteiger partial charge in [-0.2, -0.15) is 0 Å². The van der Waals surface area contributed by atoms with Crippen molar-refractivity contribution in [2.45, 2.75) is 13.8 Å². The monoisotopic (exact) mass is 225 g/mol. The van der Waals surface area contributed by atoms with E-state index in [0.717, 1.165) is 16.5 Å². The van der Waals surface area contributed by atoms with Crippen LogP contribution >= 0.6 is 23.2 Å². The Bertz CT molecular complexity index is 506. The first-order chi connectivity index (χ1) is 6.59. The van der Waals surface area contributed by atoms with Gasteiger partial charge in [0.2, 0.25) is 0 Å². The fourth-order valence-electron chi connectivity index (χ4n) is 1.66. The molecule has 1 heterocycles. The molecule has 0 atom stereocenters. The number of benzene rings is 1. The number of fused-ring (bicyclic) bond motifs is 1. The molecule has 0 amide bonds. The van der Waals surface area contributed by atoms with E-state index < -0.39 is 0 Å². The third kappa shape index (κ3) is 1.47. The second-order valence-corrected chi connectivity index (χ2v) is 4.14. The molecule has 1 aromatic carbocycles. The lowest BCUT2D eigenvalue weighted by molar-refractivity contribution is 1.35. The molecule has 0 bridgehead atoms. The lowest BCUT2D eigenvalue weighted by Crippen LogP contribution is -1.88. The quantitative estimate of drug-likeness (QED) is 0.614. The third-order valence-electron chi connectivity index (χ3n) is 2.29. The molecule has 0 fully saturated rings. The molecule has 0 radical (unpaired) electrons. The van der Waals surface area contributed by atoms with Crippen molar-refractivity contribution in [2.75, 3.05) is 0 Å². The van der Waals surface area contributed by atoms with Crippen molar-refractivity contribution in [3.63, 3.8) is 0 Å². The minimum atomic E-state index is 0.488. The molecular weight excluding hydrogens is 217 g/mol. The summed E-state index contributed by atoms with van der Waals surface area (Å²) in [7, 11) is 0.